The lowest BCUT2D eigenvalue weighted by Crippen LogP contribution is -1.94. The van der Waals surface area contributed by atoms with E-state index in [0.29, 0.717) is 17.9 Å². The van der Waals surface area contributed by atoms with Gasteiger partial charge >= 0.3 is 0 Å². The largest absolute Gasteiger partial charge is 0.494 e. The minimum atomic E-state index is 0.587. The third-order valence-corrected chi connectivity index (χ3v) is 2.02. The normalized spacial score (nSPS) is 9.57. The molecule has 0 spiro atoms. The molecular weight excluding hydrogens is 176 g/mol. The van der Waals surface area contributed by atoms with E-state index in [-0.39, 0.29) is 0 Å². The highest BCUT2D eigenvalue weighted by atomic mass is 16.5. The Bertz CT molecular complexity index is 353. The van der Waals surface area contributed by atoms with Crippen LogP contribution in [0.3, 0.4) is 0 Å². The van der Waals surface area contributed by atoms with Crippen molar-refractivity contribution >= 4 is 12.0 Å². The van der Waals surface area contributed by atoms with E-state index >= 15 is 0 Å². The number of ether oxygens (including phenoxy) is 1. The number of rotatable bonds is 4. The Labute approximate surface area is 84.2 Å². The second kappa shape index (κ2) is 4.61. The lowest BCUT2D eigenvalue weighted by Gasteiger charge is -2.10. The molecule has 0 aliphatic heterocycles. The lowest BCUT2D eigenvalue weighted by molar-refractivity contribution is 0.112. The zero-order chi connectivity index (χ0) is 10.6. The molecule has 74 valence electrons. The molecule has 1 rings (SSSR count). The molecule has 0 heterocycles. The summed E-state index contributed by atoms with van der Waals surface area (Å²) < 4.78 is 5.30. The summed E-state index contributed by atoms with van der Waals surface area (Å²) in [5, 5.41) is 0. The van der Waals surface area contributed by atoms with Gasteiger partial charge in [-0.25, -0.2) is 0 Å². The molecule has 1 aromatic rings. The summed E-state index contributed by atoms with van der Waals surface area (Å²) in [6.45, 7) is 8.27. The van der Waals surface area contributed by atoms with Crippen LogP contribution in [0.2, 0.25) is 0 Å². The molecule has 0 fully saturated rings. The average Bonchev–Trinajstić information content (AvgIpc) is 2.19. The van der Waals surface area contributed by atoms with Gasteiger partial charge in [-0.3, -0.25) is 4.79 Å². The van der Waals surface area contributed by atoms with Crippen LogP contribution >= 0.6 is 0 Å². The predicted octanol–water partition coefficient (Wildman–Crippen LogP) is 2.81. The van der Waals surface area contributed by atoms with E-state index in [1.165, 1.54) is 0 Å². The fourth-order valence-corrected chi connectivity index (χ4v) is 1.27. The van der Waals surface area contributed by atoms with Crippen molar-refractivity contribution in [3.05, 3.63) is 41.5 Å². The maximum Gasteiger partial charge on any atom is 0.150 e. The van der Waals surface area contributed by atoms with Crippen molar-refractivity contribution in [1.29, 1.82) is 0 Å². The third kappa shape index (κ3) is 2.22. The molecule has 2 heteroatoms. The van der Waals surface area contributed by atoms with Crippen molar-refractivity contribution < 1.29 is 9.53 Å². The molecule has 0 bridgehead atoms. The average molecular weight is 190 g/mol. The van der Waals surface area contributed by atoms with Crippen LogP contribution in [-0.4, -0.2) is 12.9 Å². The van der Waals surface area contributed by atoms with Gasteiger partial charge in [0, 0.05) is 11.1 Å². The maximum absolute atomic E-state index is 10.6. The summed E-state index contributed by atoms with van der Waals surface area (Å²) in [5.41, 5.74) is 2.61. The molecule has 0 saturated heterocycles. The first-order chi connectivity index (χ1) is 6.69. The Morgan fingerprint density at radius 3 is 2.86 bits per heavy atom. The lowest BCUT2D eigenvalue weighted by atomic mass is 10.0. The van der Waals surface area contributed by atoms with E-state index in [1.54, 1.807) is 12.1 Å². The van der Waals surface area contributed by atoms with Gasteiger partial charge in [-0.15, -0.1) is 0 Å². The predicted molar refractivity (Wildman–Crippen MR) is 57.2 cm³/mol. The van der Waals surface area contributed by atoms with Crippen molar-refractivity contribution in [3.63, 3.8) is 0 Å². The first-order valence-corrected chi connectivity index (χ1v) is 4.57. The van der Waals surface area contributed by atoms with Crippen LogP contribution < -0.4 is 0 Å². The van der Waals surface area contributed by atoms with Crippen LogP contribution in [0.25, 0.3) is 5.76 Å². The highest BCUT2D eigenvalue weighted by molar-refractivity contribution is 5.77. The molecular formula is C12H14O2. The van der Waals surface area contributed by atoms with Crippen LogP contribution in [0.4, 0.5) is 0 Å². The van der Waals surface area contributed by atoms with Crippen LogP contribution in [-0.2, 0) is 4.74 Å². The summed E-state index contributed by atoms with van der Waals surface area (Å²) in [6, 6.07) is 5.47. The summed E-state index contributed by atoms with van der Waals surface area (Å²) in [4.78, 5) is 10.6. The van der Waals surface area contributed by atoms with Crippen LogP contribution in [0.15, 0.2) is 24.8 Å². The molecule has 1 aromatic carbocycles. The number of aryl methyl sites for hydroxylation is 1. The van der Waals surface area contributed by atoms with Crippen molar-refractivity contribution in [3.8, 4) is 0 Å². The van der Waals surface area contributed by atoms with Gasteiger partial charge in [0.1, 0.15) is 12.0 Å². The van der Waals surface area contributed by atoms with Crippen molar-refractivity contribution in [2.75, 3.05) is 6.61 Å². The summed E-state index contributed by atoms with van der Waals surface area (Å²) in [6.07, 6.45) is 0.822. The molecule has 0 amide bonds. The number of hydrogen-bond acceptors (Lipinski definition) is 2. The van der Waals surface area contributed by atoms with Crippen LogP contribution in [0.1, 0.15) is 28.4 Å². The first kappa shape index (κ1) is 10.5. The van der Waals surface area contributed by atoms with Gasteiger partial charge in [-0.2, -0.15) is 0 Å². The van der Waals surface area contributed by atoms with Crippen molar-refractivity contribution in [2.24, 2.45) is 0 Å². The summed E-state index contributed by atoms with van der Waals surface area (Å²) in [5.74, 6) is 0.619. The third-order valence-electron chi connectivity index (χ3n) is 2.02. The second-order valence-electron chi connectivity index (χ2n) is 3.05. The van der Waals surface area contributed by atoms with Gasteiger partial charge in [0.15, 0.2) is 0 Å². The second-order valence-corrected chi connectivity index (χ2v) is 3.05. The number of hydrogen-bond donors (Lipinski definition) is 0. The molecule has 0 aliphatic rings. The molecule has 14 heavy (non-hydrogen) atoms. The Morgan fingerprint density at radius 1 is 1.57 bits per heavy atom. The number of carbonyl (C=O) groups is 1. The first-order valence-electron chi connectivity index (χ1n) is 4.57. The molecule has 2 nitrogen and oxygen atoms in total. The molecule has 0 saturated carbocycles. The highest BCUT2D eigenvalue weighted by Gasteiger charge is 2.04. The number of benzene rings is 1. The van der Waals surface area contributed by atoms with Gasteiger partial charge in [0.05, 0.1) is 6.61 Å². The Morgan fingerprint density at radius 2 is 2.29 bits per heavy atom. The fraction of sp³-hybridized carbons (Fsp3) is 0.250. The molecule has 0 atom stereocenters. The van der Waals surface area contributed by atoms with Gasteiger partial charge in [0.25, 0.3) is 0 Å². The molecule has 0 unspecified atom stereocenters. The van der Waals surface area contributed by atoms with Gasteiger partial charge in [-0.05, 0) is 25.5 Å². The molecule has 0 radical (unpaired) electrons. The maximum atomic E-state index is 10.6. The van der Waals surface area contributed by atoms with Crippen LogP contribution in [0, 0.1) is 6.92 Å². The highest BCUT2D eigenvalue weighted by Crippen LogP contribution is 2.19. The molecule has 0 aliphatic carbocycles. The Kier molecular flexibility index (Phi) is 3.46. The van der Waals surface area contributed by atoms with Gasteiger partial charge in [0.2, 0.25) is 0 Å². The number of carbonyl (C=O) groups excluding carboxylic acids is 1. The topological polar surface area (TPSA) is 26.3 Å². The Balaban J connectivity index is 3.05. The van der Waals surface area contributed by atoms with E-state index in [2.05, 4.69) is 6.58 Å². The fourth-order valence-electron chi connectivity index (χ4n) is 1.27. The quantitative estimate of drug-likeness (QED) is 0.539. The molecule has 0 aromatic heterocycles. The minimum absolute atomic E-state index is 0.587. The Hall–Kier alpha value is -1.57. The summed E-state index contributed by atoms with van der Waals surface area (Å²) in [7, 11) is 0. The summed E-state index contributed by atoms with van der Waals surface area (Å²) >= 11 is 0. The van der Waals surface area contributed by atoms with Gasteiger partial charge < -0.3 is 4.74 Å². The smallest absolute Gasteiger partial charge is 0.150 e. The van der Waals surface area contributed by atoms with Crippen LogP contribution in [0.5, 0.6) is 0 Å². The van der Waals surface area contributed by atoms with Gasteiger partial charge in [-0.1, -0.05) is 18.7 Å². The van der Waals surface area contributed by atoms with E-state index in [0.717, 1.165) is 17.4 Å². The SMILES string of the molecule is C=C(OCC)c1cc(C=O)ccc1C. The number of aldehydes is 1. The van der Waals surface area contributed by atoms with E-state index < -0.39 is 0 Å². The molecule has 0 N–H and O–H groups in total. The zero-order valence-corrected chi connectivity index (χ0v) is 8.54. The van der Waals surface area contributed by atoms with Crippen molar-refractivity contribution in [1.82, 2.24) is 0 Å². The zero-order valence-electron chi connectivity index (χ0n) is 8.54. The van der Waals surface area contributed by atoms with E-state index in [4.69, 9.17) is 4.74 Å². The monoisotopic (exact) mass is 190 g/mol. The van der Waals surface area contributed by atoms with E-state index in [9.17, 15) is 4.79 Å². The van der Waals surface area contributed by atoms with E-state index in [1.807, 2.05) is 19.9 Å². The van der Waals surface area contributed by atoms with Crippen molar-refractivity contribution in [2.45, 2.75) is 13.8 Å². The standard InChI is InChI=1S/C12H14O2/c1-4-14-10(3)12-7-11(8-13)6-5-9(12)2/h5-8H,3-4H2,1-2H3. The minimum Gasteiger partial charge on any atom is -0.494 e.